The van der Waals surface area contributed by atoms with Crippen LogP contribution >= 0.6 is 0 Å². The fourth-order valence-electron chi connectivity index (χ4n) is 2.95. The van der Waals surface area contributed by atoms with Crippen molar-refractivity contribution in [3.05, 3.63) is 35.4 Å². The number of nitrogens with zero attached hydrogens (tertiary/aromatic N) is 2. The van der Waals surface area contributed by atoms with Gasteiger partial charge in [0.2, 0.25) is 5.91 Å². The molecule has 0 radical (unpaired) electrons. The third-order valence-corrected chi connectivity index (χ3v) is 4.46. The van der Waals surface area contributed by atoms with E-state index in [0.29, 0.717) is 6.54 Å². The van der Waals surface area contributed by atoms with Crippen molar-refractivity contribution in [2.75, 3.05) is 52.9 Å². The molecule has 23 heavy (non-hydrogen) atoms. The highest BCUT2D eigenvalue weighted by Gasteiger charge is 2.13. The summed E-state index contributed by atoms with van der Waals surface area (Å²) >= 11 is 0. The van der Waals surface area contributed by atoms with E-state index >= 15 is 0 Å². The highest BCUT2D eigenvalue weighted by Crippen LogP contribution is 2.26. The summed E-state index contributed by atoms with van der Waals surface area (Å²) in [6, 6.07) is 6.06. The Morgan fingerprint density at radius 2 is 2.13 bits per heavy atom. The maximum Gasteiger partial charge on any atom is 0.244 e. The summed E-state index contributed by atoms with van der Waals surface area (Å²) < 4.78 is 5.49. The number of nitrogens with one attached hydrogen (secondary N) is 1. The minimum Gasteiger partial charge on any atom is -0.493 e. The average Bonchev–Trinajstić information content (AvgIpc) is 3.02. The van der Waals surface area contributed by atoms with Crippen LogP contribution in [0.15, 0.2) is 24.3 Å². The van der Waals surface area contributed by atoms with Crippen molar-refractivity contribution in [2.24, 2.45) is 0 Å². The number of carbonyl (C=O) groups excluding carboxylic acids is 1. The van der Waals surface area contributed by atoms with E-state index in [1.807, 2.05) is 18.2 Å². The van der Waals surface area contributed by atoms with Crippen LogP contribution in [0.1, 0.15) is 11.1 Å². The number of piperazine rings is 1. The van der Waals surface area contributed by atoms with Crippen molar-refractivity contribution in [1.29, 1.82) is 0 Å². The van der Waals surface area contributed by atoms with Gasteiger partial charge >= 0.3 is 0 Å². The molecule has 0 bridgehead atoms. The predicted octanol–water partition coefficient (Wildman–Crippen LogP) is 0.998. The summed E-state index contributed by atoms with van der Waals surface area (Å²) in [5, 5.41) is 2.96. The first kappa shape index (κ1) is 16.0. The molecule has 1 amide bonds. The van der Waals surface area contributed by atoms with Crippen molar-refractivity contribution in [2.45, 2.75) is 6.42 Å². The van der Waals surface area contributed by atoms with Gasteiger partial charge in [-0.05, 0) is 36.4 Å². The van der Waals surface area contributed by atoms with E-state index in [2.05, 4.69) is 28.2 Å². The number of hydrogen-bond acceptors (Lipinski definition) is 4. The number of benzene rings is 1. The van der Waals surface area contributed by atoms with Gasteiger partial charge in [-0.15, -0.1) is 0 Å². The maximum absolute atomic E-state index is 11.9. The van der Waals surface area contributed by atoms with E-state index in [1.54, 1.807) is 6.08 Å². The molecule has 0 aromatic heterocycles. The lowest BCUT2D eigenvalue weighted by atomic mass is 10.1. The predicted molar refractivity (Wildman–Crippen MR) is 91.6 cm³/mol. The Morgan fingerprint density at radius 1 is 1.30 bits per heavy atom. The topological polar surface area (TPSA) is 44.8 Å². The smallest absolute Gasteiger partial charge is 0.244 e. The van der Waals surface area contributed by atoms with Crippen LogP contribution in [-0.2, 0) is 11.2 Å². The largest absolute Gasteiger partial charge is 0.493 e. The van der Waals surface area contributed by atoms with E-state index in [9.17, 15) is 4.79 Å². The van der Waals surface area contributed by atoms with Gasteiger partial charge in [0.15, 0.2) is 0 Å². The van der Waals surface area contributed by atoms with Crippen LogP contribution in [0.5, 0.6) is 5.75 Å². The molecule has 0 spiro atoms. The minimum absolute atomic E-state index is 0.0316. The number of carbonyl (C=O) groups is 1. The third kappa shape index (κ3) is 4.56. The Bertz CT molecular complexity index is 578. The van der Waals surface area contributed by atoms with Crippen molar-refractivity contribution < 1.29 is 9.53 Å². The number of rotatable bonds is 5. The van der Waals surface area contributed by atoms with Crippen LogP contribution in [-0.4, -0.2) is 68.6 Å². The van der Waals surface area contributed by atoms with Gasteiger partial charge in [0, 0.05) is 51.8 Å². The molecular formula is C18H25N3O2. The van der Waals surface area contributed by atoms with Crippen molar-refractivity contribution in [3.63, 3.8) is 0 Å². The average molecular weight is 315 g/mol. The summed E-state index contributed by atoms with van der Waals surface area (Å²) in [4.78, 5) is 16.6. The number of amides is 1. The molecule has 0 atom stereocenters. The normalized spacial score (nSPS) is 18.8. The van der Waals surface area contributed by atoms with Crippen LogP contribution in [0, 0.1) is 0 Å². The van der Waals surface area contributed by atoms with Gasteiger partial charge in [-0.2, -0.15) is 0 Å². The third-order valence-electron chi connectivity index (χ3n) is 4.46. The van der Waals surface area contributed by atoms with E-state index in [0.717, 1.165) is 57.1 Å². The molecule has 5 nitrogen and oxygen atoms in total. The zero-order chi connectivity index (χ0) is 16.1. The lowest BCUT2D eigenvalue weighted by molar-refractivity contribution is -0.116. The van der Waals surface area contributed by atoms with Crippen molar-refractivity contribution in [1.82, 2.24) is 15.1 Å². The second-order valence-electron chi connectivity index (χ2n) is 6.23. The second kappa shape index (κ2) is 7.62. The summed E-state index contributed by atoms with van der Waals surface area (Å²) in [7, 11) is 2.15. The first-order chi connectivity index (χ1) is 11.2. The second-order valence-corrected chi connectivity index (χ2v) is 6.23. The van der Waals surface area contributed by atoms with Gasteiger partial charge < -0.3 is 15.0 Å². The van der Waals surface area contributed by atoms with Gasteiger partial charge in [-0.1, -0.05) is 6.07 Å². The lowest BCUT2D eigenvalue weighted by Crippen LogP contribution is -2.46. The zero-order valence-corrected chi connectivity index (χ0v) is 13.8. The first-order valence-electron chi connectivity index (χ1n) is 8.33. The van der Waals surface area contributed by atoms with Crippen LogP contribution < -0.4 is 10.1 Å². The van der Waals surface area contributed by atoms with Crippen LogP contribution in [0.4, 0.5) is 0 Å². The maximum atomic E-state index is 11.9. The molecule has 124 valence electrons. The van der Waals surface area contributed by atoms with Crippen LogP contribution in [0.2, 0.25) is 0 Å². The minimum atomic E-state index is -0.0316. The van der Waals surface area contributed by atoms with Gasteiger partial charge in [-0.3, -0.25) is 9.69 Å². The molecule has 3 rings (SSSR count). The number of likely N-dealkylation sites (N-methyl/N-ethyl adjacent to an activating group) is 1. The Balaban J connectivity index is 1.40. The molecule has 0 unspecified atom stereocenters. The SMILES string of the molecule is CN1CCN(CCNC(=O)C=Cc2ccc3c(c2)CCO3)CC1. The van der Waals surface area contributed by atoms with Gasteiger partial charge in [-0.25, -0.2) is 0 Å². The quantitative estimate of drug-likeness (QED) is 0.824. The molecule has 1 saturated heterocycles. The highest BCUT2D eigenvalue weighted by molar-refractivity contribution is 5.91. The van der Waals surface area contributed by atoms with E-state index in [1.165, 1.54) is 5.56 Å². The number of ether oxygens (including phenoxy) is 1. The van der Waals surface area contributed by atoms with Crippen molar-refractivity contribution >= 4 is 12.0 Å². The van der Waals surface area contributed by atoms with Gasteiger partial charge in [0.05, 0.1) is 6.61 Å². The molecule has 2 aliphatic heterocycles. The standard InChI is InChI=1S/C18H25N3O2/c1-20-9-11-21(12-10-20)8-7-19-18(22)5-3-15-2-4-17-16(14-15)6-13-23-17/h2-5,14H,6-13H2,1H3,(H,19,22). The van der Waals surface area contributed by atoms with E-state index < -0.39 is 0 Å². The molecule has 2 aliphatic rings. The van der Waals surface area contributed by atoms with Crippen LogP contribution in [0.3, 0.4) is 0 Å². The molecule has 1 aromatic rings. The Labute approximate surface area is 137 Å². The Kier molecular flexibility index (Phi) is 5.31. The highest BCUT2D eigenvalue weighted by atomic mass is 16.5. The van der Waals surface area contributed by atoms with E-state index in [4.69, 9.17) is 4.74 Å². The van der Waals surface area contributed by atoms with Crippen molar-refractivity contribution in [3.8, 4) is 5.75 Å². The summed E-state index contributed by atoms with van der Waals surface area (Å²) in [6.45, 7) is 6.76. The fraction of sp³-hybridized carbons (Fsp3) is 0.500. The monoisotopic (exact) mass is 315 g/mol. The molecule has 0 aliphatic carbocycles. The van der Waals surface area contributed by atoms with E-state index in [-0.39, 0.29) is 5.91 Å². The molecule has 2 heterocycles. The lowest BCUT2D eigenvalue weighted by Gasteiger charge is -2.32. The summed E-state index contributed by atoms with van der Waals surface area (Å²) in [5.74, 6) is 0.939. The Morgan fingerprint density at radius 3 is 2.96 bits per heavy atom. The fourth-order valence-corrected chi connectivity index (χ4v) is 2.95. The number of hydrogen-bond donors (Lipinski definition) is 1. The van der Waals surface area contributed by atoms with Gasteiger partial charge in [0.1, 0.15) is 5.75 Å². The summed E-state index contributed by atoms with van der Waals surface area (Å²) in [6.07, 6.45) is 4.43. The zero-order valence-electron chi connectivity index (χ0n) is 13.8. The molecule has 1 fully saturated rings. The molecular weight excluding hydrogens is 290 g/mol. The molecule has 1 N–H and O–H groups in total. The molecule has 1 aromatic carbocycles. The first-order valence-corrected chi connectivity index (χ1v) is 8.33. The molecule has 5 heteroatoms. The number of fused-ring (bicyclic) bond motifs is 1. The Hall–Kier alpha value is -1.85. The summed E-state index contributed by atoms with van der Waals surface area (Å²) in [5.41, 5.74) is 2.27. The molecule has 0 saturated carbocycles. The van der Waals surface area contributed by atoms with Crippen LogP contribution in [0.25, 0.3) is 6.08 Å². The van der Waals surface area contributed by atoms with Gasteiger partial charge in [0.25, 0.3) is 0 Å².